The lowest BCUT2D eigenvalue weighted by Crippen LogP contribution is -2.37. The summed E-state index contributed by atoms with van der Waals surface area (Å²) in [7, 11) is 1.74. The molecule has 0 unspecified atom stereocenters. The zero-order chi connectivity index (χ0) is 22.2. The summed E-state index contributed by atoms with van der Waals surface area (Å²) in [4.78, 5) is 23.7. The van der Waals surface area contributed by atoms with Gasteiger partial charge in [0.1, 0.15) is 5.02 Å². The number of hydrogen-bond acceptors (Lipinski definition) is 7. The van der Waals surface area contributed by atoms with E-state index in [0.29, 0.717) is 43.0 Å². The monoisotopic (exact) mass is 446 g/mol. The number of benzene rings is 1. The van der Waals surface area contributed by atoms with E-state index in [2.05, 4.69) is 20.2 Å². The molecular weight excluding hydrogens is 420 g/mol. The molecule has 1 fully saturated rings. The van der Waals surface area contributed by atoms with Crippen LogP contribution in [0, 0.1) is 0 Å². The summed E-state index contributed by atoms with van der Waals surface area (Å²) >= 11 is 6.35. The van der Waals surface area contributed by atoms with E-state index in [9.17, 15) is 9.90 Å². The molecule has 4 rings (SSSR count). The molecule has 1 aromatic carbocycles. The number of fused-ring (bicyclic) bond motifs is 1. The Labute approximate surface area is 185 Å². The number of aryl methyl sites for hydroxylation is 2. The summed E-state index contributed by atoms with van der Waals surface area (Å²) in [5, 5.41) is 13.8. The van der Waals surface area contributed by atoms with Crippen LogP contribution in [0.1, 0.15) is 20.3 Å². The Kier molecular flexibility index (Phi) is 5.92. The minimum Gasteiger partial charge on any atom is -0.390 e. The summed E-state index contributed by atoms with van der Waals surface area (Å²) in [6.07, 6.45) is 2.05. The van der Waals surface area contributed by atoms with Gasteiger partial charge < -0.3 is 20.1 Å². The zero-order valence-electron chi connectivity index (χ0n) is 17.9. The van der Waals surface area contributed by atoms with Crippen molar-refractivity contribution in [1.82, 2.24) is 19.1 Å². The number of nitrogens with one attached hydrogen (secondary N) is 1. The number of ether oxygens (including phenoxy) is 1. The Balaban J connectivity index is 1.65. The van der Waals surface area contributed by atoms with Crippen molar-refractivity contribution >= 4 is 40.1 Å². The van der Waals surface area contributed by atoms with Gasteiger partial charge in [-0.05, 0) is 38.5 Å². The number of nitrogens with zero attached hydrogens (tertiary/aromatic N) is 5. The largest absolute Gasteiger partial charge is 0.390 e. The molecule has 1 saturated heterocycles. The molecule has 9 nitrogen and oxygen atoms in total. The second-order valence-electron chi connectivity index (χ2n) is 8.35. The molecule has 2 aromatic heterocycles. The highest BCUT2D eigenvalue weighted by molar-refractivity contribution is 6.32. The molecule has 0 atom stereocenters. The van der Waals surface area contributed by atoms with Crippen LogP contribution in [0.3, 0.4) is 0 Å². The quantitative estimate of drug-likeness (QED) is 0.600. The summed E-state index contributed by atoms with van der Waals surface area (Å²) in [5.41, 5.74) is 1.37. The summed E-state index contributed by atoms with van der Waals surface area (Å²) < 4.78 is 8.68. The third-order valence-corrected chi connectivity index (χ3v) is 5.66. The van der Waals surface area contributed by atoms with E-state index in [0.717, 1.165) is 29.8 Å². The van der Waals surface area contributed by atoms with Gasteiger partial charge in [0.05, 0.1) is 36.0 Å². The zero-order valence-corrected chi connectivity index (χ0v) is 18.7. The van der Waals surface area contributed by atoms with Gasteiger partial charge in [0.2, 0.25) is 5.95 Å². The molecule has 1 aliphatic heterocycles. The maximum Gasteiger partial charge on any atom is 0.328 e. The van der Waals surface area contributed by atoms with Crippen LogP contribution in [-0.4, -0.2) is 56.1 Å². The number of rotatable bonds is 6. The molecule has 0 amide bonds. The van der Waals surface area contributed by atoms with E-state index in [4.69, 9.17) is 16.3 Å². The molecule has 3 aromatic rings. The second kappa shape index (κ2) is 8.49. The molecule has 10 heteroatoms. The molecular formula is C21H27ClN6O3. The van der Waals surface area contributed by atoms with Crippen molar-refractivity contribution < 1.29 is 9.84 Å². The number of aliphatic hydroxyl groups is 1. The van der Waals surface area contributed by atoms with Gasteiger partial charge in [-0.1, -0.05) is 11.6 Å². The van der Waals surface area contributed by atoms with Crippen molar-refractivity contribution in [2.75, 3.05) is 36.5 Å². The fraction of sp³-hybridized carbons (Fsp3) is 0.476. The minimum atomic E-state index is -0.859. The van der Waals surface area contributed by atoms with Crippen LogP contribution in [0.15, 0.2) is 29.2 Å². The fourth-order valence-electron chi connectivity index (χ4n) is 3.59. The standard InChI is InChI=1S/C21H27ClN6O3/c1-21(2,30)6-7-28-17-12-14(4-5-16(17)26(3)20(28)29)24-18-15(22)13-23-19(25-18)27-8-10-31-11-9-27/h4-5,12-13,30H,6-11H2,1-3H3,(H,23,24,25). The van der Waals surface area contributed by atoms with Crippen molar-refractivity contribution in [3.63, 3.8) is 0 Å². The lowest BCUT2D eigenvalue weighted by molar-refractivity contribution is 0.0662. The first-order chi connectivity index (χ1) is 14.7. The van der Waals surface area contributed by atoms with Crippen LogP contribution in [0.2, 0.25) is 5.02 Å². The van der Waals surface area contributed by atoms with Crippen LogP contribution in [-0.2, 0) is 18.3 Å². The normalized spacial score (nSPS) is 14.9. The average Bonchev–Trinajstić information content (AvgIpc) is 2.98. The molecule has 166 valence electrons. The van der Waals surface area contributed by atoms with E-state index in [1.807, 2.05) is 18.2 Å². The number of morpholine rings is 1. The van der Waals surface area contributed by atoms with Gasteiger partial charge >= 0.3 is 5.69 Å². The number of imidazole rings is 1. The maximum absolute atomic E-state index is 12.7. The van der Waals surface area contributed by atoms with Crippen molar-refractivity contribution in [3.8, 4) is 0 Å². The topological polar surface area (TPSA) is 97.4 Å². The van der Waals surface area contributed by atoms with Gasteiger partial charge in [0, 0.05) is 32.4 Å². The van der Waals surface area contributed by atoms with Crippen LogP contribution < -0.4 is 15.9 Å². The van der Waals surface area contributed by atoms with Gasteiger partial charge in [0.15, 0.2) is 5.82 Å². The molecule has 31 heavy (non-hydrogen) atoms. The number of aromatic nitrogens is 4. The smallest absolute Gasteiger partial charge is 0.328 e. The van der Waals surface area contributed by atoms with Gasteiger partial charge in [-0.3, -0.25) is 9.13 Å². The first-order valence-corrected chi connectivity index (χ1v) is 10.6. The highest BCUT2D eigenvalue weighted by Crippen LogP contribution is 2.27. The molecule has 0 saturated carbocycles. The van der Waals surface area contributed by atoms with E-state index >= 15 is 0 Å². The van der Waals surface area contributed by atoms with Gasteiger partial charge in [-0.2, -0.15) is 4.98 Å². The van der Waals surface area contributed by atoms with E-state index in [1.165, 1.54) is 0 Å². The summed E-state index contributed by atoms with van der Waals surface area (Å²) in [6, 6.07) is 5.67. The van der Waals surface area contributed by atoms with Crippen LogP contribution in [0.25, 0.3) is 11.0 Å². The van der Waals surface area contributed by atoms with Crippen molar-refractivity contribution in [2.45, 2.75) is 32.4 Å². The highest BCUT2D eigenvalue weighted by atomic mass is 35.5. The lowest BCUT2D eigenvalue weighted by atomic mass is 10.1. The van der Waals surface area contributed by atoms with Gasteiger partial charge in [0.25, 0.3) is 0 Å². The minimum absolute atomic E-state index is 0.119. The average molecular weight is 447 g/mol. The molecule has 2 N–H and O–H groups in total. The first kappa shape index (κ1) is 21.6. The van der Waals surface area contributed by atoms with Crippen molar-refractivity contribution in [1.29, 1.82) is 0 Å². The van der Waals surface area contributed by atoms with Gasteiger partial charge in [-0.25, -0.2) is 9.78 Å². The van der Waals surface area contributed by atoms with E-state index < -0.39 is 5.60 Å². The Morgan fingerprint density at radius 3 is 2.71 bits per heavy atom. The van der Waals surface area contributed by atoms with E-state index in [-0.39, 0.29) is 5.69 Å². The Bertz CT molecular complexity index is 1140. The third kappa shape index (κ3) is 4.68. The Morgan fingerprint density at radius 1 is 1.26 bits per heavy atom. The molecule has 0 radical (unpaired) electrons. The predicted octanol–water partition coefficient (Wildman–Crippen LogP) is 2.52. The Morgan fingerprint density at radius 2 is 2.00 bits per heavy atom. The second-order valence-corrected chi connectivity index (χ2v) is 8.76. The number of hydrogen-bond donors (Lipinski definition) is 2. The summed E-state index contributed by atoms with van der Waals surface area (Å²) in [6.45, 7) is 6.62. The highest BCUT2D eigenvalue weighted by Gasteiger charge is 2.18. The third-order valence-electron chi connectivity index (χ3n) is 5.38. The number of anilines is 3. The molecule has 1 aliphatic rings. The Hall–Kier alpha value is -2.62. The molecule has 0 spiro atoms. The number of halogens is 1. The SMILES string of the molecule is Cn1c(=O)n(CCC(C)(C)O)c2cc(Nc3nc(N4CCOCC4)ncc3Cl)ccc21. The molecule has 3 heterocycles. The molecule has 0 aliphatic carbocycles. The van der Waals surface area contributed by atoms with Crippen LogP contribution in [0.5, 0.6) is 0 Å². The first-order valence-electron chi connectivity index (χ1n) is 10.3. The van der Waals surface area contributed by atoms with Crippen molar-refractivity contribution in [2.24, 2.45) is 7.05 Å². The van der Waals surface area contributed by atoms with E-state index in [1.54, 1.807) is 36.2 Å². The predicted molar refractivity (Wildman–Crippen MR) is 121 cm³/mol. The maximum atomic E-state index is 12.7. The van der Waals surface area contributed by atoms with Gasteiger partial charge in [-0.15, -0.1) is 0 Å². The van der Waals surface area contributed by atoms with Crippen LogP contribution >= 0.6 is 11.6 Å². The van der Waals surface area contributed by atoms with Crippen molar-refractivity contribution in [3.05, 3.63) is 39.9 Å². The van der Waals surface area contributed by atoms with Crippen LogP contribution in [0.4, 0.5) is 17.5 Å². The fourth-order valence-corrected chi connectivity index (χ4v) is 3.73. The summed E-state index contributed by atoms with van der Waals surface area (Å²) in [5.74, 6) is 1.09. The lowest BCUT2D eigenvalue weighted by Gasteiger charge is -2.27. The molecule has 0 bridgehead atoms.